The largest absolute Gasteiger partial charge is 0.357 e. The highest BCUT2D eigenvalue weighted by molar-refractivity contribution is 7.89. The second kappa shape index (κ2) is 10.3. The number of guanidine groups is 1. The van der Waals surface area contributed by atoms with Gasteiger partial charge in [-0.3, -0.25) is 0 Å². The van der Waals surface area contributed by atoms with Gasteiger partial charge in [0.2, 0.25) is 0 Å². The molecule has 0 atom stereocenters. The molecule has 1 rings (SSSR count). The van der Waals surface area contributed by atoms with E-state index in [0.717, 1.165) is 43.0 Å². The molecule has 1 aromatic carbocycles. The van der Waals surface area contributed by atoms with Crippen molar-refractivity contribution >= 4 is 15.8 Å². The number of sulfone groups is 1. The Morgan fingerprint density at radius 2 is 1.62 bits per heavy atom. The maximum Gasteiger partial charge on any atom is 0.191 e. The molecule has 0 saturated heterocycles. The summed E-state index contributed by atoms with van der Waals surface area (Å²) >= 11 is 0. The molecule has 0 heterocycles. The smallest absolute Gasteiger partial charge is 0.191 e. The topological polar surface area (TPSA) is 70.6 Å². The van der Waals surface area contributed by atoms with Crippen LogP contribution in [0.1, 0.15) is 44.7 Å². The number of aliphatic imine (C=N–C) groups is 1. The van der Waals surface area contributed by atoms with Crippen LogP contribution in [-0.2, 0) is 22.1 Å². The Balaban J connectivity index is 2.65. The fourth-order valence-corrected chi connectivity index (χ4v) is 3.17. The van der Waals surface area contributed by atoms with Crippen LogP contribution in [0.5, 0.6) is 0 Å². The molecule has 2 N–H and O–H groups in total. The van der Waals surface area contributed by atoms with Crippen molar-refractivity contribution in [2.75, 3.05) is 19.3 Å². The summed E-state index contributed by atoms with van der Waals surface area (Å²) in [6.07, 6.45) is 3.56. The van der Waals surface area contributed by atoms with Crippen LogP contribution in [0.2, 0.25) is 0 Å². The molecule has 24 heavy (non-hydrogen) atoms. The van der Waals surface area contributed by atoms with E-state index in [4.69, 9.17) is 0 Å². The Morgan fingerprint density at radius 1 is 1.04 bits per heavy atom. The first-order valence-corrected chi connectivity index (χ1v) is 10.7. The molecule has 0 unspecified atom stereocenters. The van der Waals surface area contributed by atoms with E-state index in [1.54, 1.807) is 0 Å². The average Bonchev–Trinajstić information content (AvgIpc) is 2.53. The van der Waals surface area contributed by atoms with E-state index >= 15 is 0 Å². The van der Waals surface area contributed by atoms with Gasteiger partial charge in [-0.05, 0) is 24.0 Å². The van der Waals surface area contributed by atoms with Crippen molar-refractivity contribution in [3.8, 4) is 0 Å². The van der Waals surface area contributed by atoms with Crippen LogP contribution < -0.4 is 10.6 Å². The van der Waals surface area contributed by atoms with Crippen LogP contribution in [0, 0.1) is 5.92 Å². The van der Waals surface area contributed by atoms with E-state index in [1.807, 2.05) is 31.2 Å². The zero-order valence-electron chi connectivity index (χ0n) is 15.3. The number of nitrogens with zero attached hydrogens (tertiary/aromatic N) is 1. The van der Waals surface area contributed by atoms with E-state index in [2.05, 4.69) is 29.5 Å². The zero-order valence-corrected chi connectivity index (χ0v) is 16.1. The Bertz CT molecular complexity index is 606. The van der Waals surface area contributed by atoms with Crippen molar-refractivity contribution in [2.45, 2.75) is 45.9 Å². The highest BCUT2D eigenvalue weighted by Crippen LogP contribution is 2.09. The molecule has 0 amide bonds. The fourth-order valence-electron chi connectivity index (χ4n) is 2.37. The second-order valence-corrected chi connectivity index (χ2v) is 8.29. The van der Waals surface area contributed by atoms with Crippen LogP contribution in [0.25, 0.3) is 0 Å². The zero-order chi connectivity index (χ0) is 18.0. The number of hydrogen-bond donors (Lipinski definition) is 2. The van der Waals surface area contributed by atoms with Gasteiger partial charge in [-0.1, -0.05) is 51.0 Å². The standard InChI is InChI=1S/C18H31N3O2S/c1-5-15(6-2)12-20-18(19-7-3)21-13-16-8-10-17(11-9-16)14-24(4,22)23/h8-11,15H,5-7,12-14H2,1-4H3,(H2,19,20,21). The quantitative estimate of drug-likeness (QED) is 0.529. The second-order valence-electron chi connectivity index (χ2n) is 6.15. The van der Waals surface area contributed by atoms with Gasteiger partial charge in [-0.2, -0.15) is 0 Å². The van der Waals surface area contributed by atoms with E-state index < -0.39 is 9.84 Å². The third kappa shape index (κ3) is 8.34. The highest BCUT2D eigenvalue weighted by atomic mass is 32.2. The molecule has 136 valence electrons. The first kappa shape index (κ1) is 20.5. The molecule has 0 saturated carbocycles. The maximum absolute atomic E-state index is 11.3. The third-order valence-electron chi connectivity index (χ3n) is 3.93. The fraction of sp³-hybridized carbons (Fsp3) is 0.611. The van der Waals surface area contributed by atoms with Crippen LogP contribution in [-0.4, -0.2) is 33.7 Å². The lowest BCUT2D eigenvalue weighted by molar-refractivity contribution is 0.481. The monoisotopic (exact) mass is 353 g/mol. The summed E-state index contributed by atoms with van der Waals surface area (Å²) in [5, 5.41) is 6.65. The Kier molecular flexibility index (Phi) is 8.82. The van der Waals surface area contributed by atoms with Gasteiger partial charge in [0.25, 0.3) is 0 Å². The van der Waals surface area contributed by atoms with Gasteiger partial charge in [-0.15, -0.1) is 0 Å². The molecule has 5 nitrogen and oxygen atoms in total. The van der Waals surface area contributed by atoms with Crippen LogP contribution >= 0.6 is 0 Å². The summed E-state index contributed by atoms with van der Waals surface area (Å²) in [5.41, 5.74) is 1.87. The van der Waals surface area contributed by atoms with Crippen molar-refractivity contribution in [1.82, 2.24) is 10.6 Å². The molecule has 0 spiro atoms. The van der Waals surface area contributed by atoms with E-state index in [1.165, 1.54) is 6.26 Å². The molecule has 0 fully saturated rings. The van der Waals surface area contributed by atoms with Crippen molar-refractivity contribution in [1.29, 1.82) is 0 Å². The van der Waals surface area contributed by atoms with Crippen LogP contribution in [0.4, 0.5) is 0 Å². The molecule has 0 radical (unpaired) electrons. The number of rotatable bonds is 9. The lowest BCUT2D eigenvalue weighted by Gasteiger charge is -2.16. The summed E-state index contributed by atoms with van der Waals surface area (Å²) in [7, 11) is -2.99. The summed E-state index contributed by atoms with van der Waals surface area (Å²) in [6.45, 7) is 8.77. The molecular formula is C18H31N3O2S. The maximum atomic E-state index is 11.3. The SMILES string of the molecule is CCNC(=NCc1ccc(CS(C)(=O)=O)cc1)NCC(CC)CC. The summed E-state index contributed by atoms with van der Waals surface area (Å²) in [6, 6.07) is 7.59. The molecular weight excluding hydrogens is 322 g/mol. The van der Waals surface area contributed by atoms with E-state index in [0.29, 0.717) is 12.5 Å². The van der Waals surface area contributed by atoms with Crippen molar-refractivity contribution in [3.05, 3.63) is 35.4 Å². The van der Waals surface area contributed by atoms with Gasteiger partial charge in [0.05, 0.1) is 12.3 Å². The highest BCUT2D eigenvalue weighted by Gasteiger charge is 2.06. The average molecular weight is 354 g/mol. The first-order chi connectivity index (χ1) is 11.4. The Morgan fingerprint density at radius 3 is 2.12 bits per heavy atom. The van der Waals surface area contributed by atoms with Crippen LogP contribution in [0.3, 0.4) is 0 Å². The van der Waals surface area contributed by atoms with E-state index in [9.17, 15) is 8.42 Å². The lowest BCUT2D eigenvalue weighted by Crippen LogP contribution is -2.39. The predicted molar refractivity (Wildman–Crippen MR) is 102 cm³/mol. The minimum atomic E-state index is -2.99. The summed E-state index contributed by atoms with van der Waals surface area (Å²) < 4.78 is 22.6. The normalized spacial score (nSPS) is 12.5. The lowest BCUT2D eigenvalue weighted by atomic mass is 10.0. The van der Waals surface area contributed by atoms with Gasteiger partial charge in [0.1, 0.15) is 0 Å². The van der Waals surface area contributed by atoms with Crippen molar-refractivity contribution < 1.29 is 8.42 Å². The Labute approximate surface area is 146 Å². The third-order valence-corrected chi connectivity index (χ3v) is 4.79. The van der Waals surface area contributed by atoms with Crippen molar-refractivity contribution in [3.63, 3.8) is 0 Å². The minimum Gasteiger partial charge on any atom is -0.357 e. The van der Waals surface area contributed by atoms with Gasteiger partial charge in [0, 0.05) is 19.3 Å². The molecule has 0 aliphatic rings. The number of benzene rings is 1. The van der Waals surface area contributed by atoms with E-state index in [-0.39, 0.29) is 5.75 Å². The molecule has 0 aliphatic heterocycles. The first-order valence-electron chi connectivity index (χ1n) is 8.65. The van der Waals surface area contributed by atoms with Crippen molar-refractivity contribution in [2.24, 2.45) is 10.9 Å². The molecule has 0 aromatic heterocycles. The number of hydrogen-bond acceptors (Lipinski definition) is 3. The predicted octanol–water partition coefficient (Wildman–Crippen LogP) is 2.72. The molecule has 0 bridgehead atoms. The van der Waals surface area contributed by atoms with Gasteiger partial charge in [0.15, 0.2) is 15.8 Å². The van der Waals surface area contributed by atoms with Gasteiger partial charge >= 0.3 is 0 Å². The molecule has 1 aromatic rings. The summed E-state index contributed by atoms with van der Waals surface area (Å²) in [5.74, 6) is 1.56. The van der Waals surface area contributed by atoms with Gasteiger partial charge < -0.3 is 10.6 Å². The van der Waals surface area contributed by atoms with Crippen LogP contribution in [0.15, 0.2) is 29.3 Å². The van der Waals surface area contributed by atoms with Gasteiger partial charge in [-0.25, -0.2) is 13.4 Å². The molecule has 0 aliphatic carbocycles. The summed E-state index contributed by atoms with van der Waals surface area (Å²) in [4.78, 5) is 4.60. The number of nitrogens with one attached hydrogen (secondary N) is 2. The molecule has 6 heteroatoms. The minimum absolute atomic E-state index is 0.0795. The Hall–Kier alpha value is -1.56.